The van der Waals surface area contributed by atoms with Gasteiger partial charge in [-0.15, -0.1) is 0 Å². The number of aliphatic imine (C=N–C) groups is 1. The first-order valence-corrected chi connectivity index (χ1v) is 8.99. The third kappa shape index (κ3) is 6.28. The van der Waals surface area contributed by atoms with Crippen LogP contribution in [0.1, 0.15) is 13.3 Å². The van der Waals surface area contributed by atoms with Gasteiger partial charge in [0.1, 0.15) is 0 Å². The summed E-state index contributed by atoms with van der Waals surface area (Å²) in [5.74, 6) is 2.27. The molecule has 23 heavy (non-hydrogen) atoms. The van der Waals surface area contributed by atoms with E-state index < -0.39 is 0 Å². The maximum absolute atomic E-state index is 5.47. The molecule has 2 heterocycles. The Morgan fingerprint density at radius 2 is 2.09 bits per heavy atom. The molecular weight excluding hydrogens is 290 g/mol. The molecule has 0 bridgehead atoms. The van der Waals surface area contributed by atoms with Crippen molar-refractivity contribution in [2.24, 2.45) is 16.8 Å². The first-order chi connectivity index (χ1) is 11.1. The molecule has 0 spiro atoms. The van der Waals surface area contributed by atoms with E-state index in [9.17, 15) is 0 Å². The Hall–Kier alpha value is -0.850. The molecule has 2 unspecified atom stereocenters. The third-order valence-electron chi connectivity index (χ3n) is 4.90. The molecule has 0 aromatic rings. The van der Waals surface area contributed by atoms with Crippen molar-refractivity contribution in [3.05, 3.63) is 0 Å². The molecule has 0 aliphatic carbocycles. The van der Waals surface area contributed by atoms with Gasteiger partial charge in [-0.05, 0) is 19.4 Å². The average Bonchev–Trinajstić information content (AvgIpc) is 3.03. The Balaban J connectivity index is 1.67. The minimum Gasteiger partial charge on any atom is -0.381 e. The normalized spacial score (nSPS) is 25.6. The van der Waals surface area contributed by atoms with Crippen LogP contribution in [0.15, 0.2) is 4.99 Å². The summed E-state index contributed by atoms with van der Waals surface area (Å²) in [5, 5.41) is 3.54. The van der Waals surface area contributed by atoms with Gasteiger partial charge in [0.15, 0.2) is 5.96 Å². The Kier molecular flexibility index (Phi) is 7.59. The number of ether oxygens (including phenoxy) is 1. The fourth-order valence-electron chi connectivity index (χ4n) is 3.39. The predicted octanol–water partition coefficient (Wildman–Crippen LogP) is 0.414. The molecule has 0 aromatic heterocycles. The van der Waals surface area contributed by atoms with Crippen molar-refractivity contribution in [3.63, 3.8) is 0 Å². The van der Waals surface area contributed by atoms with Crippen LogP contribution >= 0.6 is 0 Å². The molecular formula is C17H35N5O. The largest absolute Gasteiger partial charge is 0.381 e. The Labute approximate surface area is 141 Å². The summed E-state index contributed by atoms with van der Waals surface area (Å²) >= 11 is 0. The highest BCUT2D eigenvalue weighted by atomic mass is 16.5. The maximum atomic E-state index is 5.47. The molecule has 0 radical (unpaired) electrons. The van der Waals surface area contributed by atoms with Crippen LogP contribution in [0.25, 0.3) is 0 Å². The summed E-state index contributed by atoms with van der Waals surface area (Å²) in [4.78, 5) is 11.7. The smallest absolute Gasteiger partial charge is 0.193 e. The lowest BCUT2D eigenvalue weighted by molar-refractivity contribution is 0.139. The molecule has 2 aliphatic rings. The van der Waals surface area contributed by atoms with Crippen molar-refractivity contribution in [1.29, 1.82) is 0 Å². The van der Waals surface area contributed by atoms with E-state index in [1.54, 1.807) is 0 Å². The quantitative estimate of drug-likeness (QED) is 0.566. The molecule has 2 aliphatic heterocycles. The Morgan fingerprint density at radius 3 is 2.70 bits per heavy atom. The van der Waals surface area contributed by atoms with Gasteiger partial charge in [0, 0.05) is 72.4 Å². The van der Waals surface area contributed by atoms with E-state index in [0.29, 0.717) is 11.8 Å². The minimum atomic E-state index is 0.623. The highest BCUT2D eigenvalue weighted by molar-refractivity contribution is 5.79. The molecule has 0 aromatic carbocycles. The van der Waals surface area contributed by atoms with Crippen molar-refractivity contribution in [2.45, 2.75) is 13.3 Å². The van der Waals surface area contributed by atoms with E-state index in [1.165, 1.54) is 32.6 Å². The summed E-state index contributed by atoms with van der Waals surface area (Å²) in [5.41, 5.74) is 0. The van der Waals surface area contributed by atoms with E-state index in [0.717, 1.165) is 38.8 Å². The van der Waals surface area contributed by atoms with E-state index in [2.05, 4.69) is 46.0 Å². The molecule has 2 saturated heterocycles. The highest BCUT2D eigenvalue weighted by Crippen LogP contribution is 2.13. The highest BCUT2D eigenvalue weighted by Gasteiger charge is 2.20. The van der Waals surface area contributed by atoms with Gasteiger partial charge < -0.3 is 24.8 Å². The van der Waals surface area contributed by atoms with Crippen LogP contribution in [0, 0.1) is 11.8 Å². The average molecular weight is 326 g/mol. The van der Waals surface area contributed by atoms with E-state index >= 15 is 0 Å². The van der Waals surface area contributed by atoms with Gasteiger partial charge in [-0.1, -0.05) is 6.92 Å². The fraction of sp³-hybridized carbons (Fsp3) is 0.941. The van der Waals surface area contributed by atoms with Gasteiger partial charge >= 0.3 is 0 Å². The van der Waals surface area contributed by atoms with Gasteiger partial charge in [0.05, 0.1) is 6.61 Å². The van der Waals surface area contributed by atoms with Crippen molar-refractivity contribution in [2.75, 3.05) is 80.2 Å². The molecule has 134 valence electrons. The standard InChI is InChI=1S/C17H35N5O/c1-15(12-22-8-6-20(3)7-9-22)11-19-17(18-2)21(4)13-16-5-10-23-14-16/h15-16H,5-14H2,1-4H3,(H,18,19). The predicted molar refractivity (Wildman–Crippen MR) is 96.0 cm³/mol. The summed E-state index contributed by atoms with van der Waals surface area (Å²) in [6, 6.07) is 0. The molecule has 2 atom stereocenters. The summed E-state index contributed by atoms with van der Waals surface area (Å²) in [6.45, 7) is 12.0. The van der Waals surface area contributed by atoms with Gasteiger partial charge in [-0.25, -0.2) is 0 Å². The fourth-order valence-corrected chi connectivity index (χ4v) is 3.39. The second-order valence-electron chi connectivity index (χ2n) is 7.25. The maximum Gasteiger partial charge on any atom is 0.193 e. The Morgan fingerprint density at radius 1 is 1.35 bits per heavy atom. The van der Waals surface area contributed by atoms with Gasteiger partial charge in [-0.2, -0.15) is 0 Å². The third-order valence-corrected chi connectivity index (χ3v) is 4.90. The van der Waals surface area contributed by atoms with Crippen LogP contribution in [0.2, 0.25) is 0 Å². The summed E-state index contributed by atoms with van der Waals surface area (Å²) in [6.07, 6.45) is 1.17. The SMILES string of the molecule is CN=C(NCC(C)CN1CCN(C)CC1)N(C)CC1CCOC1. The van der Waals surface area contributed by atoms with Crippen LogP contribution in [0.5, 0.6) is 0 Å². The summed E-state index contributed by atoms with van der Waals surface area (Å²) < 4.78 is 5.47. The molecule has 0 amide bonds. The number of piperazine rings is 1. The number of nitrogens with zero attached hydrogens (tertiary/aromatic N) is 4. The van der Waals surface area contributed by atoms with Crippen LogP contribution in [0.3, 0.4) is 0 Å². The summed E-state index contributed by atoms with van der Waals surface area (Å²) in [7, 11) is 6.20. The lowest BCUT2D eigenvalue weighted by atomic mass is 10.1. The van der Waals surface area contributed by atoms with Gasteiger partial charge in [-0.3, -0.25) is 4.99 Å². The number of hydrogen-bond donors (Lipinski definition) is 1. The number of hydrogen-bond acceptors (Lipinski definition) is 4. The van der Waals surface area contributed by atoms with Crippen molar-refractivity contribution in [1.82, 2.24) is 20.0 Å². The lowest BCUT2D eigenvalue weighted by Crippen LogP contribution is -2.48. The number of nitrogens with one attached hydrogen (secondary N) is 1. The van der Waals surface area contributed by atoms with Crippen LogP contribution < -0.4 is 5.32 Å². The van der Waals surface area contributed by atoms with Crippen molar-refractivity contribution < 1.29 is 4.74 Å². The first kappa shape index (κ1) is 18.5. The second-order valence-corrected chi connectivity index (χ2v) is 7.25. The van der Waals surface area contributed by atoms with Gasteiger partial charge in [0.25, 0.3) is 0 Å². The first-order valence-electron chi connectivity index (χ1n) is 8.99. The second kappa shape index (κ2) is 9.45. The lowest BCUT2D eigenvalue weighted by Gasteiger charge is -2.34. The van der Waals surface area contributed by atoms with Crippen LogP contribution in [-0.4, -0.2) is 101 Å². The van der Waals surface area contributed by atoms with Crippen molar-refractivity contribution >= 4 is 5.96 Å². The molecule has 0 saturated carbocycles. The van der Waals surface area contributed by atoms with Crippen LogP contribution in [-0.2, 0) is 4.74 Å². The number of guanidine groups is 1. The zero-order valence-electron chi connectivity index (χ0n) is 15.4. The molecule has 6 nitrogen and oxygen atoms in total. The number of likely N-dealkylation sites (N-methyl/N-ethyl adjacent to an activating group) is 1. The van der Waals surface area contributed by atoms with E-state index in [1.807, 2.05) is 7.05 Å². The van der Waals surface area contributed by atoms with E-state index in [-0.39, 0.29) is 0 Å². The Bertz CT molecular complexity index is 362. The molecule has 1 N–H and O–H groups in total. The zero-order chi connectivity index (χ0) is 16.7. The van der Waals surface area contributed by atoms with Crippen molar-refractivity contribution in [3.8, 4) is 0 Å². The van der Waals surface area contributed by atoms with Gasteiger partial charge in [0.2, 0.25) is 0 Å². The topological polar surface area (TPSA) is 43.3 Å². The zero-order valence-corrected chi connectivity index (χ0v) is 15.4. The number of rotatable bonds is 6. The monoisotopic (exact) mass is 325 g/mol. The van der Waals surface area contributed by atoms with E-state index in [4.69, 9.17) is 4.74 Å². The molecule has 2 rings (SSSR count). The minimum absolute atomic E-state index is 0.623. The molecule has 2 fully saturated rings. The molecule has 6 heteroatoms. The van der Waals surface area contributed by atoms with Crippen LogP contribution in [0.4, 0.5) is 0 Å².